The molecule has 90 valence electrons. The van der Waals surface area contributed by atoms with Crippen LogP contribution in [0, 0.1) is 0 Å². The summed E-state index contributed by atoms with van der Waals surface area (Å²) in [7, 11) is 1.88. The van der Waals surface area contributed by atoms with Gasteiger partial charge in [-0.2, -0.15) is 11.8 Å². The third-order valence-corrected chi connectivity index (χ3v) is 3.06. The van der Waals surface area contributed by atoms with Crippen molar-refractivity contribution in [2.45, 2.75) is 6.54 Å². The van der Waals surface area contributed by atoms with Gasteiger partial charge < -0.3 is 10.1 Å². The zero-order chi connectivity index (χ0) is 12.0. The van der Waals surface area contributed by atoms with E-state index in [-0.39, 0.29) is 0 Å². The first-order chi connectivity index (χ1) is 7.69. The fourth-order valence-corrected chi connectivity index (χ4v) is 2.16. The highest BCUT2D eigenvalue weighted by atomic mass is 35.5. The molecule has 1 aromatic rings. The first-order valence-corrected chi connectivity index (χ1v) is 7.08. The number of halogens is 2. The van der Waals surface area contributed by atoms with E-state index in [0.717, 1.165) is 17.1 Å². The van der Waals surface area contributed by atoms with Crippen LogP contribution in [0.3, 0.4) is 0 Å². The minimum Gasteiger partial charge on any atom is -0.491 e. The van der Waals surface area contributed by atoms with E-state index in [9.17, 15) is 0 Å². The van der Waals surface area contributed by atoms with E-state index in [1.807, 2.05) is 19.4 Å². The second-order valence-corrected chi connectivity index (χ2v) is 5.08. The predicted molar refractivity (Wildman–Crippen MR) is 73.1 cm³/mol. The molecule has 0 saturated carbocycles. The van der Waals surface area contributed by atoms with Crippen molar-refractivity contribution in [2.75, 3.05) is 25.7 Å². The number of hydrogen-bond donors (Lipinski definition) is 1. The molecule has 0 aliphatic rings. The number of nitrogens with one attached hydrogen (secondary N) is 1. The lowest BCUT2D eigenvalue weighted by molar-refractivity contribution is 0.340. The molecule has 0 atom stereocenters. The van der Waals surface area contributed by atoms with Gasteiger partial charge in [-0.25, -0.2) is 0 Å². The Labute approximate surface area is 111 Å². The monoisotopic (exact) mass is 279 g/mol. The smallest absolute Gasteiger partial charge is 0.142 e. The summed E-state index contributed by atoms with van der Waals surface area (Å²) in [4.78, 5) is 0. The average molecular weight is 280 g/mol. The standard InChI is InChI=1S/C11H15Cl2NOS/c1-14-7-8-5-9(12)6-10(13)11(8)15-3-4-16-2/h5-6,14H,3-4,7H2,1-2H3. The molecule has 1 rings (SSSR count). The first kappa shape index (κ1) is 14.0. The topological polar surface area (TPSA) is 21.3 Å². The zero-order valence-corrected chi connectivity index (χ0v) is 11.7. The minimum absolute atomic E-state index is 0.568. The maximum Gasteiger partial charge on any atom is 0.142 e. The van der Waals surface area contributed by atoms with Gasteiger partial charge in [0.05, 0.1) is 11.6 Å². The zero-order valence-electron chi connectivity index (χ0n) is 9.35. The molecule has 0 unspecified atom stereocenters. The molecule has 0 bridgehead atoms. The van der Waals surface area contributed by atoms with E-state index in [0.29, 0.717) is 23.2 Å². The van der Waals surface area contributed by atoms with Gasteiger partial charge in [0.2, 0.25) is 0 Å². The minimum atomic E-state index is 0.568. The highest BCUT2D eigenvalue weighted by molar-refractivity contribution is 7.98. The molecule has 16 heavy (non-hydrogen) atoms. The molecule has 0 saturated heterocycles. The third kappa shape index (κ3) is 4.06. The number of hydrogen-bond acceptors (Lipinski definition) is 3. The molecule has 0 fully saturated rings. The van der Waals surface area contributed by atoms with Gasteiger partial charge >= 0.3 is 0 Å². The molecule has 1 N–H and O–H groups in total. The van der Waals surface area contributed by atoms with Gasteiger partial charge in [-0.05, 0) is 25.4 Å². The van der Waals surface area contributed by atoms with Crippen molar-refractivity contribution < 1.29 is 4.74 Å². The van der Waals surface area contributed by atoms with Crippen molar-refractivity contribution in [3.8, 4) is 5.75 Å². The molecule has 0 heterocycles. The summed E-state index contributed by atoms with van der Waals surface area (Å²) in [6.45, 7) is 1.34. The van der Waals surface area contributed by atoms with Crippen LogP contribution < -0.4 is 10.1 Å². The molecular weight excluding hydrogens is 265 g/mol. The Kier molecular flexibility index (Phi) is 6.36. The van der Waals surface area contributed by atoms with E-state index < -0.39 is 0 Å². The van der Waals surface area contributed by atoms with Crippen LogP contribution >= 0.6 is 35.0 Å². The Bertz CT molecular complexity index is 347. The van der Waals surface area contributed by atoms with Crippen LogP contribution in [0.1, 0.15) is 5.56 Å². The molecule has 0 spiro atoms. The molecule has 0 amide bonds. The number of thioether (sulfide) groups is 1. The van der Waals surface area contributed by atoms with Crippen LogP contribution in [0.4, 0.5) is 0 Å². The fraction of sp³-hybridized carbons (Fsp3) is 0.455. The van der Waals surface area contributed by atoms with Gasteiger partial charge in [-0.15, -0.1) is 0 Å². The predicted octanol–water partition coefficient (Wildman–Crippen LogP) is 3.45. The molecule has 0 aliphatic heterocycles. The highest BCUT2D eigenvalue weighted by Gasteiger charge is 2.09. The van der Waals surface area contributed by atoms with E-state index in [4.69, 9.17) is 27.9 Å². The number of benzene rings is 1. The van der Waals surface area contributed by atoms with E-state index >= 15 is 0 Å². The van der Waals surface area contributed by atoms with Crippen molar-refractivity contribution >= 4 is 35.0 Å². The lowest BCUT2D eigenvalue weighted by Gasteiger charge is -2.13. The van der Waals surface area contributed by atoms with Gasteiger partial charge in [0.15, 0.2) is 0 Å². The largest absolute Gasteiger partial charge is 0.491 e. The quantitative estimate of drug-likeness (QED) is 0.806. The molecule has 2 nitrogen and oxygen atoms in total. The Morgan fingerprint density at radius 3 is 2.75 bits per heavy atom. The fourth-order valence-electron chi connectivity index (χ4n) is 1.32. The lowest BCUT2D eigenvalue weighted by Crippen LogP contribution is -2.09. The first-order valence-electron chi connectivity index (χ1n) is 4.93. The summed E-state index contributed by atoms with van der Waals surface area (Å²) in [5.74, 6) is 1.67. The van der Waals surface area contributed by atoms with Gasteiger partial charge in [-0.1, -0.05) is 23.2 Å². The van der Waals surface area contributed by atoms with E-state index in [1.165, 1.54) is 0 Å². The summed E-state index contributed by atoms with van der Waals surface area (Å²) in [5, 5.41) is 4.27. The van der Waals surface area contributed by atoms with Crippen molar-refractivity contribution in [3.63, 3.8) is 0 Å². The van der Waals surface area contributed by atoms with Crippen LogP contribution in [0.25, 0.3) is 0 Å². The SMILES string of the molecule is CNCc1cc(Cl)cc(Cl)c1OCCSC. The number of ether oxygens (including phenoxy) is 1. The summed E-state index contributed by atoms with van der Waals surface area (Å²) < 4.78 is 5.66. The Balaban J connectivity index is 2.85. The van der Waals surface area contributed by atoms with Crippen molar-refractivity contribution in [3.05, 3.63) is 27.7 Å². The average Bonchev–Trinajstić information content (AvgIpc) is 2.22. The van der Waals surface area contributed by atoms with E-state index in [2.05, 4.69) is 5.32 Å². The normalized spacial score (nSPS) is 10.5. The molecule has 5 heteroatoms. The number of rotatable bonds is 6. The maximum atomic E-state index is 6.11. The highest BCUT2D eigenvalue weighted by Crippen LogP contribution is 2.32. The van der Waals surface area contributed by atoms with Crippen molar-refractivity contribution in [1.29, 1.82) is 0 Å². The Hall–Kier alpha value is -0.0900. The summed E-state index contributed by atoms with van der Waals surface area (Å²) in [5.41, 5.74) is 0.987. The lowest BCUT2D eigenvalue weighted by atomic mass is 10.2. The summed E-state index contributed by atoms with van der Waals surface area (Å²) in [6, 6.07) is 3.58. The van der Waals surface area contributed by atoms with Crippen LogP contribution in [0.5, 0.6) is 5.75 Å². The van der Waals surface area contributed by atoms with Gasteiger partial charge in [0.25, 0.3) is 0 Å². The van der Waals surface area contributed by atoms with Gasteiger partial charge in [-0.3, -0.25) is 0 Å². The van der Waals surface area contributed by atoms with Gasteiger partial charge in [0, 0.05) is 22.9 Å². The molecule has 0 aliphatic carbocycles. The third-order valence-electron chi connectivity index (χ3n) is 1.99. The molecule has 0 aromatic heterocycles. The van der Waals surface area contributed by atoms with Crippen LogP contribution in [-0.2, 0) is 6.54 Å². The van der Waals surface area contributed by atoms with Crippen LogP contribution in [-0.4, -0.2) is 25.7 Å². The second kappa shape index (κ2) is 7.28. The molecule has 0 radical (unpaired) electrons. The van der Waals surface area contributed by atoms with Crippen LogP contribution in [0.15, 0.2) is 12.1 Å². The summed E-state index contributed by atoms with van der Waals surface area (Å²) in [6.07, 6.45) is 2.04. The Morgan fingerprint density at radius 1 is 1.38 bits per heavy atom. The van der Waals surface area contributed by atoms with E-state index in [1.54, 1.807) is 17.8 Å². The van der Waals surface area contributed by atoms with Crippen LogP contribution in [0.2, 0.25) is 10.0 Å². The maximum absolute atomic E-state index is 6.11. The van der Waals surface area contributed by atoms with Crippen molar-refractivity contribution in [1.82, 2.24) is 5.32 Å². The molecule has 1 aromatic carbocycles. The molecular formula is C11H15Cl2NOS. The Morgan fingerprint density at radius 2 is 2.12 bits per heavy atom. The van der Waals surface area contributed by atoms with Gasteiger partial charge in [0.1, 0.15) is 5.75 Å². The van der Waals surface area contributed by atoms with Crippen molar-refractivity contribution in [2.24, 2.45) is 0 Å². The summed E-state index contributed by atoms with van der Waals surface area (Å²) >= 11 is 13.8. The second-order valence-electron chi connectivity index (χ2n) is 3.25.